The lowest BCUT2D eigenvalue weighted by molar-refractivity contribution is -0.384. The van der Waals surface area contributed by atoms with E-state index in [1.54, 1.807) is 24.3 Å². The van der Waals surface area contributed by atoms with Crippen LogP contribution in [0.25, 0.3) is 0 Å². The molecule has 104 valence electrons. The zero-order valence-corrected chi connectivity index (χ0v) is 11.3. The number of non-ortho nitro benzene ring substituents is 1. The molecule has 0 aliphatic heterocycles. The molecule has 0 radical (unpaired) electrons. The topological polar surface area (TPSA) is 55.2 Å². The number of hydrogen-bond acceptors (Lipinski definition) is 3. The van der Waals surface area contributed by atoms with Gasteiger partial charge in [-0.2, -0.15) is 0 Å². The van der Waals surface area contributed by atoms with E-state index >= 15 is 0 Å². The van der Waals surface area contributed by atoms with E-state index in [4.69, 9.17) is 0 Å². The third-order valence-electron chi connectivity index (χ3n) is 3.14. The maximum atomic E-state index is 10.5. The van der Waals surface area contributed by atoms with Crippen molar-refractivity contribution in [3.63, 3.8) is 0 Å². The second kappa shape index (κ2) is 7.40. The second-order valence-electron chi connectivity index (χ2n) is 4.69. The molecule has 0 saturated heterocycles. The van der Waals surface area contributed by atoms with E-state index in [1.807, 2.05) is 6.07 Å². The van der Waals surface area contributed by atoms with Gasteiger partial charge in [0.05, 0.1) is 4.92 Å². The monoisotopic (exact) mass is 270 g/mol. The summed E-state index contributed by atoms with van der Waals surface area (Å²) >= 11 is 0. The van der Waals surface area contributed by atoms with E-state index in [-0.39, 0.29) is 10.6 Å². The number of hydrogen-bond donors (Lipinski definition) is 1. The van der Waals surface area contributed by atoms with Crippen LogP contribution in [0.3, 0.4) is 0 Å². The summed E-state index contributed by atoms with van der Waals surface area (Å²) < 4.78 is 0. The van der Waals surface area contributed by atoms with Gasteiger partial charge in [-0.05, 0) is 30.5 Å². The minimum atomic E-state index is -0.378. The first-order chi connectivity index (χ1) is 9.75. The van der Waals surface area contributed by atoms with Crippen molar-refractivity contribution < 1.29 is 4.92 Å². The van der Waals surface area contributed by atoms with E-state index in [1.165, 1.54) is 5.56 Å². The summed E-state index contributed by atoms with van der Waals surface area (Å²) in [6.45, 7) is 1.68. The predicted octanol–water partition coefficient (Wildman–Crippen LogP) is 3.32. The van der Waals surface area contributed by atoms with Crippen molar-refractivity contribution >= 4 is 5.69 Å². The lowest BCUT2D eigenvalue weighted by Gasteiger charge is -2.05. The maximum Gasteiger partial charge on any atom is 0.269 e. The number of nitro benzene ring substituents is 1. The molecule has 0 unspecified atom stereocenters. The summed E-state index contributed by atoms with van der Waals surface area (Å²) in [6.07, 6.45) is 2.14. The van der Waals surface area contributed by atoms with Crippen molar-refractivity contribution in [2.45, 2.75) is 19.4 Å². The Balaban J connectivity index is 1.67. The number of nitrogens with one attached hydrogen (secondary N) is 1. The van der Waals surface area contributed by atoms with Gasteiger partial charge in [-0.3, -0.25) is 10.1 Å². The maximum absolute atomic E-state index is 10.5. The van der Waals surface area contributed by atoms with Crippen LogP contribution in [0.4, 0.5) is 5.69 Å². The van der Waals surface area contributed by atoms with Crippen molar-refractivity contribution in [3.8, 4) is 0 Å². The number of aryl methyl sites for hydroxylation is 1. The summed E-state index contributed by atoms with van der Waals surface area (Å²) in [5, 5.41) is 13.9. The van der Waals surface area contributed by atoms with Gasteiger partial charge in [0.15, 0.2) is 0 Å². The third-order valence-corrected chi connectivity index (χ3v) is 3.14. The molecule has 0 amide bonds. The Morgan fingerprint density at radius 2 is 1.65 bits per heavy atom. The average molecular weight is 270 g/mol. The van der Waals surface area contributed by atoms with Crippen LogP contribution in [0.15, 0.2) is 54.6 Å². The first-order valence-corrected chi connectivity index (χ1v) is 6.74. The van der Waals surface area contributed by atoms with Gasteiger partial charge in [0, 0.05) is 18.7 Å². The number of rotatable bonds is 7. The molecular weight excluding hydrogens is 252 g/mol. The standard InChI is InChI=1S/C16H18N2O2/c19-18(20)16-10-8-15(9-11-16)13-17-12-4-7-14-5-2-1-3-6-14/h1-3,5-6,8-11,17H,4,7,12-13H2. The highest BCUT2D eigenvalue weighted by Gasteiger charge is 2.03. The molecule has 0 fully saturated rings. The minimum Gasteiger partial charge on any atom is -0.313 e. The highest BCUT2D eigenvalue weighted by Crippen LogP contribution is 2.11. The molecule has 0 aliphatic carbocycles. The molecule has 20 heavy (non-hydrogen) atoms. The van der Waals surface area contributed by atoms with Crippen molar-refractivity contribution in [2.24, 2.45) is 0 Å². The zero-order chi connectivity index (χ0) is 14.2. The first kappa shape index (κ1) is 14.2. The molecule has 0 bridgehead atoms. The molecule has 0 saturated carbocycles. The summed E-state index contributed by atoms with van der Waals surface area (Å²) in [5.74, 6) is 0. The van der Waals surface area contributed by atoms with Crippen LogP contribution in [-0.2, 0) is 13.0 Å². The molecule has 2 aromatic carbocycles. The van der Waals surface area contributed by atoms with E-state index in [0.717, 1.165) is 31.5 Å². The Kier molecular flexibility index (Phi) is 5.26. The quantitative estimate of drug-likeness (QED) is 0.477. The van der Waals surface area contributed by atoms with E-state index in [9.17, 15) is 10.1 Å². The van der Waals surface area contributed by atoms with Gasteiger partial charge >= 0.3 is 0 Å². The first-order valence-electron chi connectivity index (χ1n) is 6.74. The van der Waals surface area contributed by atoms with E-state index in [2.05, 4.69) is 29.6 Å². The fourth-order valence-corrected chi connectivity index (χ4v) is 2.03. The molecule has 0 aliphatic rings. The molecule has 2 aromatic rings. The Bertz CT molecular complexity index is 538. The van der Waals surface area contributed by atoms with Crippen LogP contribution >= 0.6 is 0 Å². The van der Waals surface area contributed by atoms with Crippen molar-refractivity contribution in [2.75, 3.05) is 6.54 Å². The second-order valence-corrected chi connectivity index (χ2v) is 4.69. The lowest BCUT2D eigenvalue weighted by atomic mass is 10.1. The van der Waals surface area contributed by atoms with Crippen LogP contribution in [0.2, 0.25) is 0 Å². The number of nitro groups is 1. The van der Waals surface area contributed by atoms with Crippen molar-refractivity contribution in [3.05, 3.63) is 75.8 Å². The fourth-order valence-electron chi connectivity index (χ4n) is 2.03. The van der Waals surface area contributed by atoms with Crippen LogP contribution in [0.5, 0.6) is 0 Å². The van der Waals surface area contributed by atoms with Crippen molar-refractivity contribution in [1.29, 1.82) is 0 Å². The van der Waals surface area contributed by atoms with Crippen LogP contribution in [0.1, 0.15) is 17.5 Å². The highest BCUT2D eigenvalue weighted by atomic mass is 16.6. The van der Waals surface area contributed by atoms with Gasteiger partial charge in [-0.1, -0.05) is 42.5 Å². The van der Waals surface area contributed by atoms with E-state index < -0.39 is 0 Å². The molecule has 0 aromatic heterocycles. The van der Waals surface area contributed by atoms with Gasteiger partial charge in [0.1, 0.15) is 0 Å². The predicted molar refractivity (Wildman–Crippen MR) is 79.6 cm³/mol. The SMILES string of the molecule is O=[N+]([O-])c1ccc(CNCCCc2ccccc2)cc1. The smallest absolute Gasteiger partial charge is 0.269 e. The Labute approximate surface area is 118 Å². The molecule has 2 rings (SSSR count). The Morgan fingerprint density at radius 3 is 2.30 bits per heavy atom. The molecule has 0 heterocycles. The normalized spacial score (nSPS) is 10.4. The highest BCUT2D eigenvalue weighted by molar-refractivity contribution is 5.32. The van der Waals surface area contributed by atoms with Gasteiger partial charge in [0.2, 0.25) is 0 Å². The summed E-state index contributed by atoms with van der Waals surface area (Å²) in [5.41, 5.74) is 2.55. The summed E-state index contributed by atoms with van der Waals surface area (Å²) in [6, 6.07) is 17.1. The van der Waals surface area contributed by atoms with Crippen LogP contribution < -0.4 is 5.32 Å². The van der Waals surface area contributed by atoms with Gasteiger partial charge < -0.3 is 5.32 Å². The zero-order valence-electron chi connectivity index (χ0n) is 11.3. The van der Waals surface area contributed by atoms with Crippen molar-refractivity contribution in [1.82, 2.24) is 5.32 Å². The summed E-state index contributed by atoms with van der Waals surface area (Å²) in [7, 11) is 0. The molecule has 4 nitrogen and oxygen atoms in total. The van der Waals surface area contributed by atoms with Gasteiger partial charge in [-0.15, -0.1) is 0 Å². The van der Waals surface area contributed by atoms with Gasteiger partial charge in [0.25, 0.3) is 5.69 Å². The van der Waals surface area contributed by atoms with Crippen LogP contribution in [0, 0.1) is 10.1 Å². The summed E-state index contributed by atoms with van der Waals surface area (Å²) in [4.78, 5) is 10.2. The minimum absolute atomic E-state index is 0.137. The third kappa shape index (κ3) is 4.48. The number of nitrogens with zero attached hydrogens (tertiary/aromatic N) is 1. The molecule has 0 spiro atoms. The number of benzene rings is 2. The molecule has 4 heteroatoms. The van der Waals surface area contributed by atoms with E-state index in [0.29, 0.717) is 0 Å². The van der Waals surface area contributed by atoms with Crippen LogP contribution in [-0.4, -0.2) is 11.5 Å². The Hall–Kier alpha value is -2.20. The van der Waals surface area contributed by atoms with Gasteiger partial charge in [-0.25, -0.2) is 0 Å². The lowest BCUT2D eigenvalue weighted by Crippen LogP contribution is -2.15. The largest absolute Gasteiger partial charge is 0.313 e. The Morgan fingerprint density at radius 1 is 0.950 bits per heavy atom. The molecule has 0 atom stereocenters. The molecular formula is C16H18N2O2. The molecule has 1 N–H and O–H groups in total. The fraction of sp³-hybridized carbons (Fsp3) is 0.250. The average Bonchev–Trinajstić information content (AvgIpc) is 2.48.